The van der Waals surface area contributed by atoms with Gasteiger partial charge in [0.25, 0.3) is 10.0 Å². The van der Waals surface area contributed by atoms with Crippen LogP contribution in [0.2, 0.25) is 4.47 Å². The molecule has 0 saturated carbocycles. The molecule has 0 bridgehead atoms. The molecule has 0 aliphatic carbocycles. The van der Waals surface area contributed by atoms with E-state index in [1.54, 1.807) is 6.92 Å². The van der Waals surface area contributed by atoms with Gasteiger partial charge in [-0.3, -0.25) is 0 Å². The molecule has 19 heavy (non-hydrogen) atoms. The zero-order chi connectivity index (χ0) is 14.0. The summed E-state index contributed by atoms with van der Waals surface area (Å²) in [6, 6.07) is -0.117. The summed E-state index contributed by atoms with van der Waals surface area (Å²) in [5.74, 6) is 0.312. The highest BCUT2D eigenvalue weighted by Crippen LogP contribution is 2.28. The highest BCUT2D eigenvalue weighted by Gasteiger charge is 2.28. The van der Waals surface area contributed by atoms with Crippen molar-refractivity contribution in [3.05, 3.63) is 10.2 Å². The van der Waals surface area contributed by atoms with Crippen LogP contribution >= 0.6 is 22.9 Å². The van der Waals surface area contributed by atoms with Crippen molar-refractivity contribution < 1.29 is 13.2 Å². The Kier molecular flexibility index (Phi) is 4.84. The van der Waals surface area contributed by atoms with Gasteiger partial charge < -0.3 is 4.74 Å². The lowest BCUT2D eigenvalue weighted by atomic mass is 9.94. The van der Waals surface area contributed by atoms with Crippen LogP contribution in [-0.2, 0) is 14.8 Å². The number of aromatic nitrogens is 1. The van der Waals surface area contributed by atoms with Crippen LogP contribution in [0.1, 0.15) is 25.5 Å². The standard InChI is InChI=1S/C11H17ClN2O3S2/c1-7(9-3-5-17-6-4-9)14-19(15,16)10-8(2)13-11(12)18-10/h7,9,14H,3-6H2,1-2H3. The molecule has 5 nitrogen and oxygen atoms in total. The van der Waals surface area contributed by atoms with Gasteiger partial charge in [0.2, 0.25) is 0 Å². The molecule has 0 aromatic carbocycles. The van der Waals surface area contributed by atoms with Crippen LogP contribution in [0.3, 0.4) is 0 Å². The van der Waals surface area contributed by atoms with Crippen molar-refractivity contribution >= 4 is 33.0 Å². The Bertz CT molecular complexity index is 538. The predicted molar refractivity (Wildman–Crippen MR) is 75.2 cm³/mol. The quantitative estimate of drug-likeness (QED) is 0.922. The number of nitrogens with one attached hydrogen (secondary N) is 1. The summed E-state index contributed by atoms with van der Waals surface area (Å²) in [6.45, 7) is 4.94. The third-order valence-corrected chi connectivity index (χ3v) is 6.72. The maximum Gasteiger partial charge on any atom is 0.252 e. The second-order valence-corrected chi connectivity index (χ2v) is 8.19. The van der Waals surface area contributed by atoms with E-state index in [-0.39, 0.29) is 14.7 Å². The zero-order valence-corrected chi connectivity index (χ0v) is 13.2. The number of hydrogen-bond donors (Lipinski definition) is 1. The van der Waals surface area contributed by atoms with Crippen molar-refractivity contribution in [1.82, 2.24) is 9.71 Å². The minimum atomic E-state index is -3.54. The summed E-state index contributed by atoms with van der Waals surface area (Å²) in [5, 5.41) is 0. The topological polar surface area (TPSA) is 68.3 Å². The van der Waals surface area contributed by atoms with E-state index >= 15 is 0 Å². The number of thiazole rings is 1. The predicted octanol–water partition coefficient (Wildman–Crippen LogP) is 2.20. The smallest absolute Gasteiger partial charge is 0.252 e. The Balaban J connectivity index is 2.10. The van der Waals surface area contributed by atoms with Gasteiger partial charge in [-0.1, -0.05) is 22.9 Å². The maximum atomic E-state index is 12.3. The van der Waals surface area contributed by atoms with Gasteiger partial charge in [-0.05, 0) is 32.6 Å². The Labute approximate surface area is 122 Å². The molecule has 1 aromatic heterocycles. The first-order valence-electron chi connectivity index (χ1n) is 6.13. The van der Waals surface area contributed by atoms with Gasteiger partial charge in [0.1, 0.15) is 0 Å². The van der Waals surface area contributed by atoms with Crippen LogP contribution in [0.15, 0.2) is 4.21 Å². The van der Waals surface area contributed by atoms with Crippen LogP contribution in [0.4, 0.5) is 0 Å². The number of sulfonamides is 1. The first kappa shape index (κ1) is 15.2. The monoisotopic (exact) mass is 324 g/mol. The lowest BCUT2D eigenvalue weighted by molar-refractivity contribution is 0.0586. The fourth-order valence-corrected chi connectivity index (χ4v) is 5.28. The average Bonchev–Trinajstić information content (AvgIpc) is 2.70. The molecular formula is C11H17ClN2O3S2. The second-order valence-electron chi connectivity index (χ2n) is 4.70. The van der Waals surface area contributed by atoms with E-state index in [9.17, 15) is 8.42 Å². The van der Waals surface area contributed by atoms with Gasteiger partial charge >= 0.3 is 0 Å². The molecule has 8 heteroatoms. The summed E-state index contributed by atoms with van der Waals surface area (Å²) in [6.07, 6.45) is 1.76. The Hall–Kier alpha value is -0.210. The highest BCUT2D eigenvalue weighted by atomic mass is 35.5. The molecule has 1 saturated heterocycles. The van der Waals surface area contributed by atoms with Gasteiger partial charge in [-0.2, -0.15) is 0 Å². The van der Waals surface area contributed by atoms with Crippen molar-refractivity contribution in [2.24, 2.45) is 5.92 Å². The third kappa shape index (κ3) is 3.66. The van der Waals surface area contributed by atoms with Crippen molar-refractivity contribution in [2.45, 2.75) is 36.9 Å². The molecule has 1 fully saturated rings. The molecule has 0 spiro atoms. The number of rotatable bonds is 4. The van der Waals surface area contributed by atoms with Crippen LogP contribution in [-0.4, -0.2) is 32.7 Å². The second kappa shape index (κ2) is 6.05. The minimum Gasteiger partial charge on any atom is -0.381 e. The minimum absolute atomic E-state index is 0.117. The molecule has 1 aliphatic rings. The molecule has 1 aromatic rings. The zero-order valence-electron chi connectivity index (χ0n) is 10.8. The summed E-state index contributed by atoms with van der Waals surface area (Å²) in [7, 11) is -3.54. The van der Waals surface area contributed by atoms with Gasteiger partial charge in [-0.15, -0.1) is 0 Å². The van der Waals surface area contributed by atoms with Gasteiger partial charge in [0.05, 0.1) is 5.69 Å². The molecule has 1 aliphatic heterocycles. The van der Waals surface area contributed by atoms with Crippen LogP contribution in [0, 0.1) is 12.8 Å². The average molecular weight is 325 g/mol. The number of aryl methyl sites for hydroxylation is 1. The molecule has 1 unspecified atom stereocenters. The highest BCUT2D eigenvalue weighted by molar-refractivity contribution is 7.91. The summed E-state index contributed by atoms with van der Waals surface area (Å²) < 4.78 is 33.0. The number of ether oxygens (including phenoxy) is 1. The van der Waals surface area contributed by atoms with Crippen molar-refractivity contribution in [2.75, 3.05) is 13.2 Å². The lowest BCUT2D eigenvalue weighted by Gasteiger charge is -2.28. The van der Waals surface area contributed by atoms with Crippen molar-refractivity contribution in [1.29, 1.82) is 0 Å². The van der Waals surface area contributed by atoms with Crippen molar-refractivity contribution in [3.8, 4) is 0 Å². The van der Waals surface area contributed by atoms with Crippen LogP contribution < -0.4 is 4.72 Å². The van der Waals surface area contributed by atoms with E-state index in [0.717, 1.165) is 24.2 Å². The largest absolute Gasteiger partial charge is 0.381 e. The Morgan fingerprint density at radius 1 is 1.47 bits per heavy atom. The summed E-state index contributed by atoms with van der Waals surface area (Å²) >= 11 is 6.74. The van der Waals surface area contributed by atoms with Crippen LogP contribution in [0.5, 0.6) is 0 Å². The van der Waals surface area contributed by atoms with E-state index < -0.39 is 10.0 Å². The van der Waals surface area contributed by atoms with Gasteiger partial charge in [0, 0.05) is 19.3 Å². The molecule has 0 radical (unpaired) electrons. The number of nitrogens with zero attached hydrogens (tertiary/aromatic N) is 1. The Morgan fingerprint density at radius 3 is 2.63 bits per heavy atom. The van der Waals surface area contributed by atoms with E-state index in [0.29, 0.717) is 24.8 Å². The van der Waals surface area contributed by atoms with Gasteiger partial charge in [0.15, 0.2) is 8.68 Å². The van der Waals surface area contributed by atoms with E-state index in [2.05, 4.69) is 9.71 Å². The fraction of sp³-hybridized carbons (Fsp3) is 0.727. The molecule has 2 heterocycles. The van der Waals surface area contributed by atoms with E-state index in [1.807, 2.05) is 6.92 Å². The summed E-state index contributed by atoms with van der Waals surface area (Å²) in [5.41, 5.74) is 0.446. The van der Waals surface area contributed by atoms with Crippen molar-refractivity contribution in [3.63, 3.8) is 0 Å². The maximum absolute atomic E-state index is 12.3. The SMILES string of the molecule is Cc1nc(Cl)sc1S(=O)(=O)NC(C)C1CCOCC1. The fourth-order valence-electron chi connectivity index (χ4n) is 2.21. The molecular weight excluding hydrogens is 308 g/mol. The molecule has 1 atom stereocenters. The number of hydrogen-bond acceptors (Lipinski definition) is 5. The normalized spacial score (nSPS) is 19.5. The first-order valence-corrected chi connectivity index (χ1v) is 8.81. The van der Waals surface area contributed by atoms with E-state index in [4.69, 9.17) is 16.3 Å². The molecule has 108 valence electrons. The summed E-state index contributed by atoms with van der Waals surface area (Å²) in [4.78, 5) is 3.94. The molecule has 0 amide bonds. The molecule has 1 N–H and O–H groups in total. The Morgan fingerprint density at radius 2 is 2.11 bits per heavy atom. The molecule has 2 rings (SSSR count). The third-order valence-electron chi connectivity index (χ3n) is 3.29. The number of halogens is 1. The van der Waals surface area contributed by atoms with Gasteiger partial charge in [-0.25, -0.2) is 18.1 Å². The van der Waals surface area contributed by atoms with E-state index in [1.165, 1.54) is 0 Å². The first-order chi connectivity index (χ1) is 8.90. The lowest BCUT2D eigenvalue weighted by Crippen LogP contribution is -2.40. The van der Waals surface area contributed by atoms with Crippen LogP contribution in [0.25, 0.3) is 0 Å².